The summed E-state index contributed by atoms with van der Waals surface area (Å²) in [6.07, 6.45) is 0. The number of amides is 5. The fourth-order valence-corrected chi connectivity index (χ4v) is 3.57. The maximum atomic E-state index is 13.2. The lowest BCUT2D eigenvalue weighted by molar-refractivity contribution is -0.130. The van der Waals surface area contributed by atoms with E-state index in [1.807, 2.05) is 13.8 Å². The number of halogens is 1. The van der Waals surface area contributed by atoms with E-state index in [4.69, 9.17) is 0 Å². The van der Waals surface area contributed by atoms with Gasteiger partial charge in [0.05, 0.1) is 0 Å². The van der Waals surface area contributed by atoms with E-state index >= 15 is 0 Å². The third-order valence-corrected chi connectivity index (χ3v) is 5.30. The molecule has 9 heteroatoms. The Hall–Kier alpha value is -3.75. The van der Waals surface area contributed by atoms with Crippen molar-refractivity contribution in [3.8, 4) is 0 Å². The smallest absolute Gasteiger partial charge is 0.332 e. The lowest BCUT2D eigenvalue weighted by Gasteiger charge is -2.19. The summed E-state index contributed by atoms with van der Waals surface area (Å²) in [5, 5.41) is 2.63. The van der Waals surface area contributed by atoms with Crippen molar-refractivity contribution < 1.29 is 23.6 Å². The van der Waals surface area contributed by atoms with Crippen LogP contribution in [0.3, 0.4) is 0 Å². The summed E-state index contributed by atoms with van der Waals surface area (Å²) in [6, 6.07) is 10.2. The molecule has 2 aromatic carbocycles. The molecule has 0 spiro atoms. The second-order valence-electron chi connectivity index (χ2n) is 7.34. The molecule has 1 atom stereocenters. The van der Waals surface area contributed by atoms with E-state index in [1.165, 1.54) is 29.2 Å². The van der Waals surface area contributed by atoms with Gasteiger partial charge in [0.1, 0.15) is 18.4 Å². The molecule has 1 aliphatic heterocycles. The topological polar surface area (TPSA) is 90.0 Å². The molecule has 1 unspecified atom stereocenters. The van der Waals surface area contributed by atoms with Crippen LogP contribution in [-0.4, -0.2) is 59.2 Å². The fourth-order valence-electron chi connectivity index (χ4n) is 3.57. The molecular formula is C23H25FN4O4. The van der Waals surface area contributed by atoms with Crippen molar-refractivity contribution in [2.75, 3.05) is 29.9 Å². The molecule has 0 radical (unpaired) electrons. The van der Waals surface area contributed by atoms with E-state index in [0.717, 1.165) is 4.90 Å². The summed E-state index contributed by atoms with van der Waals surface area (Å²) < 4.78 is 13.2. The predicted molar refractivity (Wildman–Crippen MR) is 118 cm³/mol. The van der Waals surface area contributed by atoms with Crippen LogP contribution in [0.4, 0.5) is 20.6 Å². The molecular weight excluding hydrogens is 415 g/mol. The van der Waals surface area contributed by atoms with Gasteiger partial charge in [-0.25, -0.2) is 9.18 Å². The van der Waals surface area contributed by atoms with E-state index in [1.54, 1.807) is 36.1 Å². The zero-order valence-electron chi connectivity index (χ0n) is 18.2. The van der Waals surface area contributed by atoms with Gasteiger partial charge in [0.25, 0.3) is 11.8 Å². The number of urea groups is 1. The minimum atomic E-state index is -0.823. The number of nitrogens with one attached hydrogen (secondary N) is 1. The Morgan fingerprint density at radius 3 is 2.34 bits per heavy atom. The summed E-state index contributed by atoms with van der Waals surface area (Å²) in [5.41, 5.74) is 1.18. The van der Waals surface area contributed by atoms with Crippen molar-refractivity contribution in [3.05, 3.63) is 59.9 Å². The molecule has 0 saturated carbocycles. The Kier molecular flexibility index (Phi) is 6.87. The van der Waals surface area contributed by atoms with Crippen LogP contribution in [-0.2, 0) is 9.59 Å². The third kappa shape index (κ3) is 4.61. The second kappa shape index (κ2) is 9.59. The molecule has 168 valence electrons. The molecule has 1 N–H and O–H groups in total. The Morgan fingerprint density at radius 2 is 1.72 bits per heavy atom. The zero-order valence-corrected chi connectivity index (χ0v) is 18.2. The molecule has 1 heterocycles. The van der Waals surface area contributed by atoms with Crippen molar-refractivity contribution in [3.63, 3.8) is 0 Å². The molecule has 1 aliphatic rings. The maximum absolute atomic E-state index is 13.2. The Labute approximate surface area is 185 Å². The van der Waals surface area contributed by atoms with Gasteiger partial charge in [0.2, 0.25) is 5.91 Å². The third-order valence-electron chi connectivity index (χ3n) is 5.30. The van der Waals surface area contributed by atoms with Gasteiger partial charge in [-0.05, 0) is 63.2 Å². The van der Waals surface area contributed by atoms with E-state index in [9.17, 15) is 23.6 Å². The van der Waals surface area contributed by atoms with Crippen LogP contribution in [0.2, 0.25) is 0 Å². The minimum absolute atomic E-state index is 0.153. The first-order chi connectivity index (χ1) is 15.3. The first-order valence-corrected chi connectivity index (χ1v) is 10.4. The van der Waals surface area contributed by atoms with Crippen molar-refractivity contribution in [1.29, 1.82) is 0 Å². The van der Waals surface area contributed by atoms with Crippen molar-refractivity contribution >= 4 is 35.1 Å². The summed E-state index contributed by atoms with van der Waals surface area (Å²) >= 11 is 0. The Morgan fingerprint density at radius 1 is 1.06 bits per heavy atom. The van der Waals surface area contributed by atoms with Crippen LogP contribution < -0.4 is 10.2 Å². The van der Waals surface area contributed by atoms with Crippen LogP contribution in [0, 0.1) is 5.82 Å². The van der Waals surface area contributed by atoms with Gasteiger partial charge in [-0.1, -0.05) is 6.07 Å². The van der Waals surface area contributed by atoms with Crippen molar-refractivity contribution in [2.24, 2.45) is 0 Å². The van der Waals surface area contributed by atoms with Crippen LogP contribution in [0.15, 0.2) is 48.5 Å². The van der Waals surface area contributed by atoms with Crippen LogP contribution in [0.1, 0.15) is 31.1 Å². The minimum Gasteiger partial charge on any atom is -0.339 e. The van der Waals surface area contributed by atoms with E-state index < -0.39 is 36.2 Å². The highest BCUT2D eigenvalue weighted by molar-refractivity contribution is 6.16. The molecule has 1 saturated heterocycles. The summed E-state index contributed by atoms with van der Waals surface area (Å²) in [5.74, 6) is -1.72. The lowest BCUT2D eigenvalue weighted by atomic mass is 10.1. The Balaban J connectivity index is 1.70. The number of carbonyl (C=O) groups is 4. The number of imide groups is 1. The van der Waals surface area contributed by atoms with Crippen molar-refractivity contribution in [2.45, 2.75) is 26.8 Å². The lowest BCUT2D eigenvalue weighted by Crippen LogP contribution is -2.39. The average Bonchev–Trinajstić information content (AvgIpc) is 2.98. The maximum Gasteiger partial charge on any atom is 0.332 e. The standard InChI is InChI=1S/C23H25FN4O4/c1-4-26(5-2)22(31)16-7-6-8-18(13-16)25-20(29)14-27-21(30)15(3)28(23(27)32)19-11-9-17(24)10-12-19/h6-13,15H,4-5,14H2,1-3H3,(H,25,29). The van der Waals surface area contributed by atoms with Gasteiger partial charge in [0.15, 0.2) is 0 Å². The first-order valence-electron chi connectivity index (χ1n) is 10.4. The molecule has 0 aromatic heterocycles. The van der Waals surface area contributed by atoms with E-state index in [2.05, 4.69) is 5.32 Å². The summed E-state index contributed by atoms with van der Waals surface area (Å²) in [4.78, 5) is 54.2. The Bertz CT molecular complexity index is 1040. The van der Waals surface area contributed by atoms with Gasteiger partial charge < -0.3 is 10.2 Å². The molecule has 1 fully saturated rings. The highest BCUT2D eigenvalue weighted by Crippen LogP contribution is 2.26. The average molecular weight is 440 g/mol. The van der Waals surface area contributed by atoms with Gasteiger partial charge in [-0.3, -0.25) is 24.2 Å². The highest BCUT2D eigenvalue weighted by atomic mass is 19.1. The molecule has 32 heavy (non-hydrogen) atoms. The predicted octanol–water partition coefficient (Wildman–Crippen LogP) is 3.10. The van der Waals surface area contributed by atoms with E-state index in [-0.39, 0.29) is 5.91 Å². The first kappa shape index (κ1) is 22.9. The summed E-state index contributed by atoms with van der Waals surface area (Å²) in [6.45, 7) is 5.96. The van der Waals surface area contributed by atoms with Gasteiger partial charge in [0, 0.05) is 30.0 Å². The number of nitrogens with zero attached hydrogens (tertiary/aromatic N) is 3. The van der Waals surface area contributed by atoms with E-state index in [0.29, 0.717) is 30.0 Å². The quantitative estimate of drug-likeness (QED) is 0.670. The molecule has 3 rings (SSSR count). The van der Waals surface area contributed by atoms with Gasteiger partial charge in [-0.2, -0.15) is 0 Å². The highest BCUT2D eigenvalue weighted by Gasteiger charge is 2.44. The monoisotopic (exact) mass is 440 g/mol. The van der Waals surface area contributed by atoms with Crippen LogP contribution >= 0.6 is 0 Å². The molecule has 0 aliphatic carbocycles. The van der Waals surface area contributed by atoms with Crippen LogP contribution in [0.25, 0.3) is 0 Å². The number of hydrogen-bond acceptors (Lipinski definition) is 4. The number of anilines is 2. The molecule has 2 aromatic rings. The fraction of sp³-hybridized carbons (Fsp3) is 0.304. The largest absolute Gasteiger partial charge is 0.339 e. The van der Waals surface area contributed by atoms with Crippen molar-refractivity contribution in [1.82, 2.24) is 9.80 Å². The number of benzene rings is 2. The molecule has 8 nitrogen and oxygen atoms in total. The number of hydrogen-bond donors (Lipinski definition) is 1. The second-order valence-corrected chi connectivity index (χ2v) is 7.34. The van der Waals surface area contributed by atoms with Crippen LogP contribution in [0.5, 0.6) is 0 Å². The zero-order chi connectivity index (χ0) is 23.4. The summed E-state index contributed by atoms with van der Waals surface area (Å²) in [7, 11) is 0. The number of rotatable bonds is 7. The molecule has 0 bridgehead atoms. The normalized spacial score (nSPS) is 15.8. The van der Waals surface area contributed by atoms with Gasteiger partial charge >= 0.3 is 6.03 Å². The SMILES string of the molecule is CCN(CC)C(=O)c1cccc(NC(=O)CN2C(=O)C(C)N(c3ccc(F)cc3)C2=O)c1. The van der Waals surface area contributed by atoms with Gasteiger partial charge in [-0.15, -0.1) is 0 Å². The molecule has 5 amide bonds. The number of carbonyl (C=O) groups excluding carboxylic acids is 4.